The van der Waals surface area contributed by atoms with Crippen LogP contribution in [-0.4, -0.2) is 59.0 Å². The van der Waals surface area contributed by atoms with E-state index >= 15 is 0 Å². The molecule has 0 N–H and O–H groups in total. The molecule has 0 aliphatic carbocycles. The number of nitrogens with zero attached hydrogens (tertiary/aromatic N) is 3. The smallest absolute Gasteiger partial charge is 0.242 e. The monoisotopic (exact) mass is 427 g/mol. The molecule has 2 atom stereocenters. The Balaban J connectivity index is 2.22. The molecule has 0 fully saturated rings. The first-order valence-electron chi connectivity index (χ1n) is 11.1. The van der Waals surface area contributed by atoms with Gasteiger partial charge in [0.25, 0.3) is 0 Å². The van der Waals surface area contributed by atoms with Crippen LogP contribution in [0.3, 0.4) is 0 Å². The van der Waals surface area contributed by atoms with Crippen molar-refractivity contribution < 1.29 is 14.3 Å². The van der Waals surface area contributed by atoms with Gasteiger partial charge in [-0.15, -0.1) is 0 Å². The van der Waals surface area contributed by atoms with Crippen molar-refractivity contribution in [3.63, 3.8) is 0 Å². The summed E-state index contributed by atoms with van der Waals surface area (Å²) in [5.41, 5.74) is 2.04. The van der Waals surface area contributed by atoms with E-state index in [1.165, 1.54) is 0 Å². The van der Waals surface area contributed by atoms with Crippen molar-refractivity contribution in [2.45, 2.75) is 52.1 Å². The van der Waals surface area contributed by atoms with Crippen LogP contribution < -0.4 is 0 Å². The van der Waals surface area contributed by atoms with Gasteiger partial charge in [-0.05, 0) is 37.5 Å². The van der Waals surface area contributed by atoms with Gasteiger partial charge in [-0.25, -0.2) is 0 Å². The van der Waals surface area contributed by atoms with Gasteiger partial charge in [-0.3, -0.25) is 9.59 Å². The summed E-state index contributed by atoms with van der Waals surface area (Å²) in [4.78, 5) is 30.4. The topological polar surface area (TPSA) is 54.8 Å². The first-order chi connectivity index (χ1) is 14.9. The maximum Gasteiger partial charge on any atom is 0.242 e. The van der Waals surface area contributed by atoms with Gasteiger partial charge in [0.15, 0.2) is 0 Å². The summed E-state index contributed by atoms with van der Waals surface area (Å²) in [6, 6.07) is 13.8. The predicted molar refractivity (Wildman–Crippen MR) is 124 cm³/mol. The quantitative estimate of drug-likeness (QED) is 0.517. The minimum atomic E-state index is -0.247. The number of carbonyl (C=O) groups is 2. The van der Waals surface area contributed by atoms with E-state index in [4.69, 9.17) is 4.74 Å². The van der Waals surface area contributed by atoms with E-state index in [1.54, 1.807) is 16.9 Å². The Hall–Kier alpha value is -2.60. The third kappa shape index (κ3) is 6.69. The molecule has 0 saturated carbocycles. The Kier molecular flexibility index (Phi) is 9.79. The van der Waals surface area contributed by atoms with E-state index in [1.807, 2.05) is 81.0 Å². The molecule has 31 heavy (non-hydrogen) atoms. The third-order valence-corrected chi connectivity index (χ3v) is 5.94. The second-order valence-electron chi connectivity index (χ2n) is 8.01. The van der Waals surface area contributed by atoms with Gasteiger partial charge in [0.2, 0.25) is 11.8 Å². The molecule has 2 rings (SSSR count). The Morgan fingerprint density at radius 3 is 2.32 bits per heavy atom. The number of aromatic nitrogens is 1. The molecule has 2 amide bonds. The summed E-state index contributed by atoms with van der Waals surface area (Å²) in [5, 5.41) is 0. The van der Waals surface area contributed by atoms with Crippen LogP contribution in [0, 0.1) is 0 Å². The highest BCUT2D eigenvalue weighted by Gasteiger charge is 2.30. The van der Waals surface area contributed by atoms with Crippen molar-refractivity contribution in [3.05, 3.63) is 59.9 Å². The van der Waals surface area contributed by atoms with Crippen molar-refractivity contribution >= 4 is 11.8 Å². The molecule has 2 aromatic rings. The number of ether oxygens (including phenoxy) is 1. The van der Waals surface area contributed by atoms with Gasteiger partial charge < -0.3 is 19.1 Å². The molecule has 0 bridgehead atoms. The number of hydrogen-bond donors (Lipinski definition) is 0. The molecule has 2 unspecified atom stereocenters. The average Bonchev–Trinajstić information content (AvgIpc) is 3.19. The van der Waals surface area contributed by atoms with Crippen LogP contribution in [0.4, 0.5) is 0 Å². The summed E-state index contributed by atoms with van der Waals surface area (Å²) in [7, 11) is 3.60. The summed E-state index contributed by atoms with van der Waals surface area (Å²) < 4.78 is 7.23. The number of aryl methyl sites for hydroxylation is 1. The zero-order valence-electron chi connectivity index (χ0n) is 19.6. The van der Waals surface area contributed by atoms with Crippen LogP contribution in [0.1, 0.15) is 50.8 Å². The lowest BCUT2D eigenvalue weighted by atomic mass is 9.94. The molecule has 6 heteroatoms. The van der Waals surface area contributed by atoms with Crippen molar-refractivity contribution in [3.8, 4) is 0 Å². The predicted octanol–water partition coefficient (Wildman–Crippen LogP) is 3.82. The van der Waals surface area contributed by atoms with Crippen LogP contribution in [0.15, 0.2) is 48.7 Å². The molecule has 1 heterocycles. The molecular formula is C25H37N3O3. The highest BCUT2D eigenvalue weighted by atomic mass is 16.5. The van der Waals surface area contributed by atoms with Gasteiger partial charge in [0, 0.05) is 38.6 Å². The minimum Gasteiger partial charge on any atom is -0.383 e. The van der Waals surface area contributed by atoms with Crippen LogP contribution in [0.25, 0.3) is 0 Å². The van der Waals surface area contributed by atoms with Crippen molar-refractivity contribution in [1.82, 2.24) is 14.4 Å². The van der Waals surface area contributed by atoms with E-state index < -0.39 is 0 Å². The Morgan fingerprint density at radius 1 is 1.06 bits per heavy atom. The average molecular weight is 428 g/mol. The van der Waals surface area contributed by atoms with E-state index in [-0.39, 0.29) is 30.3 Å². The fourth-order valence-electron chi connectivity index (χ4n) is 3.71. The van der Waals surface area contributed by atoms with Crippen molar-refractivity contribution in [1.29, 1.82) is 0 Å². The van der Waals surface area contributed by atoms with Crippen molar-refractivity contribution in [2.24, 2.45) is 7.05 Å². The maximum absolute atomic E-state index is 13.5. The molecule has 6 nitrogen and oxygen atoms in total. The lowest BCUT2D eigenvalue weighted by molar-refractivity contribution is -0.144. The summed E-state index contributed by atoms with van der Waals surface area (Å²) >= 11 is 0. The first-order valence-corrected chi connectivity index (χ1v) is 11.1. The largest absolute Gasteiger partial charge is 0.383 e. The fourth-order valence-corrected chi connectivity index (χ4v) is 3.71. The number of benzene rings is 1. The summed E-state index contributed by atoms with van der Waals surface area (Å²) in [6.45, 7) is 7.58. The number of amides is 2. The van der Waals surface area contributed by atoms with Gasteiger partial charge in [-0.2, -0.15) is 0 Å². The Morgan fingerprint density at radius 2 is 1.77 bits per heavy atom. The van der Waals surface area contributed by atoms with Crippen LogP contribution >= 0.6 is 0 Å². The van der Waals surface area contributed by atoms with E-state index in [9.17, 15) is 9.59 Å². The molecule has 1 aromatic heterocycles. The molecule has 0 aliphatic rings. The van der Waals surface area contributed by atoms with Crippen LogP contribution in [0.5, 0.6) is 0 Å². The molecule has 170 valence electrons. The highest BCUT2D eigenvalue weighted by molar-refractivity contribution is 5.88. The van der Waals surface area contributed by atoms with Crippen LogP contribution in [-0.2, 0) is 27.9 Å². The number of carbonyl (C=O) groups excluding carboxylic acids is 2. The lowest BCUT2D eigenvalue weighted by Crippen LogP contribution is -2.48. The summed E-state index contributed by atoms with van der Waals surface area (Å²) in [5.74, 6) is -0.292. The number of hydrogen-bond acceptors (Lipinski definition) is 3. The first kappa shape index (κ1) is 24.7. The van der Waals surface area contributed by atoms with Crippen LogP contribution in [0.2, 0.25) is 0 Å². The Labute approximate surface area is 186 Å². The zero-order valence-corrected chi connectivity index (χ0v) is 19.6. The van der Waals surface area contributed by atoms with Gasteiger partial charge >= 0.3 is 0 Å². The fraction of sp³-hybridized carbons (Fsp3) is 0.520. The SMILES string of the molecule is CCC(C(=O)N(CC(=O)N(CCOC)Cc1cccn1C)C(C)CC)c1ccccc1. The third-order valence-electron chi connectivity index (χ3n) is 5.94. The van der Waals surface area contributed by atoms with E-state index in [2.05, 4.69) is 0 Å². The molecule has 0 saturated heterocycles. The zero-order chi connectivity index (χ0) is 22.8. The maximum atomic E-state index is 13.5. The number of rotatable bonds is 12. The second-order valence-corrected chi connectivity index (χ2v) is 8.01. The molecule has 0 radical (unpaired) electrons. The lowest BCUT2D eigenvalue weighted by Gasteiger charge is -2.33. The van der Waals surface area contributed by atoms with Gasteiger partial charge in [0.1, 0.15) is 6.54 Å². The van der Waals surface area contributed by atoms with Gasteiger partial charge in [-0.1, -0.05) is 44.2 Å². The minimum absolute atomic E-state index is 0.0157. The van der Waals surface area contributed by atoms with E-state index in [0.29, 0.717) is 26.1 Å². The van der Waals surface area contributed by atoms with Gasteiger partial charge in [0.05, 0.1) is 19.1 Å². The normalized spacial score (nSPS) is 12.9. The highest BCUT2D eigenvalue weighted by Crippen LogP contribution is 2.24. The molecule has 0 spiro atoms. The molecular weight excluding hydrogens is 390 g/mol. The second kappa shape index (κ2) is 12.3. The molecule has 1 aromatic carbocycles. The molecule has 0 aliphatic heterocycles. The standard InChI is InChI=1S/C25H37N3O3/c1-6-20(3)28(25(30)23(7-2)21-12-9-8-10-13-21)19-24(29)27(16-17-31-5)18-22-14-11-15-26(22)4/h8-15,20,23H,6-7,16-19H2,1-5H3. The number of methoxy groups -OCH3 is 1. The van der Waals surface area contributed by atoms with Crippen molar-refractivity contribution in [2.75, 3.05) is 26.8 Å². The summed E-state index contributed by atoms with van der Waals surface area (Å²) in [6.07, 6.45) is 3.45. The Bertz CT molecular complexity index is 818. The van der Waals surface area contributed by atoms with E-state index in [0.717, 1.165) is 17.7 Å².